The minimum absolute atomic E-state index is 0.00209. The normalized spacial score (nSPS) is 11.6. The lowest BCUT2D eigenvalue weighted by molar-refractivity contribution is 0.0737. The van der Waals surface area contributed by atoms with Gasteiger partial charge in [0.1, 0.15) is 5.82 Å². The van der Waals surface area contributed by atoms with E-state index >= 15 is 0 Å². The van der Waals surface area contributed by atoms with Crippen LogP contribution in [0.2, 0.25) is 0 Å². The fraction of sp³-hybridized carbons (Fsp3) is 0.130. The molecule has 6 heteroatoms. The maximum Gasteiger partial charge on any atom is 0.257 e. The van der Waals surface area contributed by atoms with Crippen LogP contribution in [0.25, 0.3) is 0 Å². The third-order valence-corrected chi connectivity index (χ3v) is 5.22. The molecule has 3 rings (SSSR count). The van der Waals surface area contributed by atoms with Crippen LogP contribution in [0, 0.1) is 5.82 Å². The first-order valence-electron chi connectivity index (χ1n) is 9.05. The first-order chi connectivity index (χ1) is 13.9. The van der Waals surface area contributed by atoms with Gasteiger partial charge in [0.05, 0.1) is 11.6 Å². The number of rotatable bonds is 5. The summed E-state index contributed by atoms with van der Waals surface area (Å²) in [6.07, 6.45) is 0. The molecule has 0 aromatic heterocycles. The summed E-state index contributed by atoms with van der Waals surface area (Å²) in [5.74, 6) is -1.20. The van der Waals surface area contributed by atoms with Crippen molar-refractivity contribution in [3.8, 4) is 0 Å². The van der Waals surface area contributed by atoms with Crippen LogP contribution in [0.4, 0.5) is 10.1 Å². The third kappa shape index (κ3) is 4.90. The van der Waals surface area contributed by atoms with Crippen LogP contribution in [0.15, 0.2) is 77.3 Å². The molecule has 0 aliphatic rings. The van der Waals surface area contributed by atoms with Crippen molar-refractivity contribution in [2.75, 3.05) is 12.4 Å². The smallest absolute Gasteiger partial charge is 0.257 e. The molecule has 0 saturated carbocycles. The molecule has 148 valence electrons. The van der Waals surface area contributed by atoms with Gasteiger partial charge >= 0.3 is 0 Å². The Morgan fingerprint density at radius 2 is 1.72 bits per heavy atom. The monoisotopic (exact) mass is 454 g/mol. The molecule has 2 amide bonds. The number of hydrogen-bond acceptors (Lipinski definition) is 2. The molecule has 0 saturated heterocycles. The van der Waals surface area contributed by atoms with Crippen molar-refractivity contribution in [3.05, 3.63) is 99.8 Å². The minimum atomic E-state index is -0.568. The average Bonchev–Trinajstić information content (AvgIpc) is 2.74. The molecule has 29 heavy (non-hydrogen) atoms. The van der Waals surface area contributed by atoms with Crippen LogP contribution in [0.1, 0.15) is 39.2 Å². The molecule has 3 aromatic carbocycles. The van der Waals surface area contributed by atoms with E-state index in [0.717, 1.165) is 5.56 Å². The minimum Gasteiger partial charge on any atom is -0.335 e. The fourth-order valence-electron chi connectivity index (χ4n) is 2.92. The van der Waals surface area contributed by atoms with Gasteiger partial charge in [-0.15, -0.1) is 0 Å². The number of hydrogen-bond donors (Lipinski definition) is 1. The van der Waals surface area contributed by atoms with Gasteiger partial charge in [0.2, 0.25) is 0 Å². The number of carbonyl (C=O) groups excluding carboxylic acids is 2. The summed E-state index contributed by atoms with van der Waals surface area (Å²) in [6.45, 7) is 1.85. The molecule has 4 nitrogen and oxygen atoms in total. The average molecular weight is 455 g/mol. The SMILES string of the molecule is CC(c1cccc(NC(=O)c2ccccc2)c1)N(C)C(=O)c1cc(Br)ccc1F. The van der Waals surface area contributed by atoms with Crippen molar-refractivity contribution >= 4 is 33.4 Å². The fourth-order valence-corrected chi connectivity index (χ4v) is 3.28. The van der Waals surface area contributed by atoms with Crippen LogP contribution < -0.4 is 5.32 Å². The highest BCUT2D eigenvalue weighted by Gasteiger charge is 2.22. The lowest BCUT2D eigenvalue weighted by Gasteiger charge is -2.26. The van der Waals surface area contributed by atoms with E-state index in [9.17, 15) is 14.0 Å². The zero-order chi connectivity index (χ0) is 21.0. The maximum atomic E-state index is 14.1. The zero-order valence-corrected chi connectivity index (χ0v) is 17.6. The Balaban J connectivity index is 1.78. The Morgan fingerprint density at radius 3 is 2.45 bits per heavy atom. The Kier molecular flexibility index (Phi) is 6.44. The van der Waals surface area contributed by atoms with Gasteiger partial charge in [-0.1, -0.05) is 46.3 Å². The van der Waals surface area contributed by atoms with Gasteiger partial charge in [-0.25, -0.2) is 4.39 Å². The predicted molar refractivity (Wildman–Crippen MR) is 115 cm³/mol. The lowest BCUT2D eigenvalue weighted by atomic mass is 10.0. The van der Waals surface area contributed by atoms with E-state index in [1.54, 1.807) is 43.4 Å². The van der Waals surface area contributed by atoms with E-state index in [4.69, 9.17) is 0 Å². The molecule has 0 aliphatic heterocycles. The van der Waals surface area contributed by atoms with Crippen molar-refractivity contribution in [2.45, 2.75) is 13.0 Å². The number of anilines is 1. The molecular weight excluding hydrogens is 435 g/mol. The second-order valence-corrected chi connectivity index (χ2v) is 7.58. The zero-order valence-electron chi connectivity index (χ0n) is 16.0. The standard InChI is InChI=1S/C23H20BrFN2O2/c1-15(27(2)23(29)20-14-18(24)11-12-21(20)25)17-9-6-10-19(13-17)26-22(28)16-7-4-3-5-8-16/h3-15H,1-2H3,(H,26,28). The highest BCUT2D eigenvalue weighted by molar-refractivity contribution is 9.10. The van der Waals surface area contributed by atoms with Crippen molar-refractivity contribution in [1.82, 2.24) is 4.90 Å². The molecule has 1 atom stereocenters. The Hall–Kier alpha value is -2.99. The Morgan fingerprint density at radius 1 is 1.00 bits per heavy atom. The van der Waals surface area contributed by atoms with E-state index in [0.29, 0.717) is 15.7 Å². The topological polar surface area (TPSA) is 49.4 Å². The van der Waals surface area contributed by atoms with Gasteiger partial charge in [0, 0.05) is 22.8 Å². The number of amides is 2. The molecular formula is C23H20BrFN2O2. The lowest BCUT2D eigenvalue weighted by Crippen LogP contribution is -2.30. The number of carbonyl (C=O) groups is 2. The Bertz CT molecular complexity index is 1040. The van der Waals surface area contributed by atoms with Crippen LogP contribution in [-0.4, -0.2) is 23.8 Å². The highest BCUT2D eigenvalue weighted by atomic mass is 79.9. The molecule has 1 N–H and O–H groups in total. The molecule has 0 bridgehead atoms. The second kappa shape index (κ2) is 9.01. The van der Waals surface area contributed by atoms with E-state index in [-0.39, 0.29) is 17.5 Å². The maximum absolute atomic E-state index is 14.1. The van der Waals surface area contributed by atoms with E-state index in [1.165, 1.54) is 17.0 Å². The second-order valence-electron chi connectivity index (χ2n) is 6.66. The van der Waals surface area contributed by atoms with Crippen LogP contribution >= 0.6 is 15.9 Å². The van der Waals surface area contributed by atoms with Gasteiger partial charge in [-0.05, 0) is 55.0 Å². The van der Waals surface area contributed by atoms with Gasteiger partial charge < -0.3 is 10.2 Å². The van der Waals surface area contributed by atoms with E-state index in [1.807, 2.05) is 31.2 Å². The Labute approximate surface area is 177 Å². The van der Waals surface area contributed by atoms with Gasteiger partial charge in [-0.2, -0.15) is 0 Å². The third-order valence-electron chi connectivity index (χ3n) is 4.72. The van der Waals surface area contributed by atoms with Gasteiger partial charge in [0.15, 0.2) is 0 Å². The van der Waals surface area contributed by atoms with Crippen molar-refractivity contribution in [1.29, 1.82) is 0 Å². The van der Waals surface area contributed by atoms with Gasteiger partial charge in [0.25, 0.3) is 11.8 Å². The summed E-state index contributed by atoms with van der Waals surface area (Å²) in [7, 11) is 1.63. The number of benzene rings is 3. The summed E-state index contributed by atoms with van der Waals surface area (Å²) in [6, 6.07) is 20.1. The largest absolute Gasteiger partial charge is 0.335 e. The molecule has 0 heterocycles. The summed E-state index contributed by atoms with van der Waals surface area (Å²) < 4.78 is 14.7. The molecule has 0 spiro atoms. The number of nitrogens with one attached hydrogen (secondary N) is 1. The van der Waals surface area contributed by atoms with E-state index in [2.05, 4.69) is 21.2 Å². The molecule has 0 aliphatic carbocycles. The number of halogens is 2. The van der Waals surface area contributed by atoms with Crippen molar-refractivity contribution in [3.63, 3.8) is 0 Å². The highest BCUT2D eigenvalue weighted by Crippen LogP contribution is 2.25. The molecule has 3 aromatic rings. The summed E-state index contributed by atoms with van der Waals surface area (Å²) in [5.41, 5.74) is 2.01. The molecule has 1 unspecified atom stereocenters. The summed E-state index contributed by atoms with van der Waals surface area (Å²) in [4.78, 5) is 26.6. The van der Waals surface area contributed by atoms with Crippen molar-refractivity contribution in [2.24, 2.45) is 0 Å². The first kappa shape index (κ1) is 20.7. The van der Waals surface area contributed by atoms with E-state index < -0.39 is 11.7 Å². The van der Waals surface area contributed by atoms with Crippen LogP contribution in [0.3, 0.4) is 0 Å². The summed E-state index contributed by atoms with van der Waals surface area (Å²) in [5, 5.41) is 2.86. The quantitative estimate of drug-likeness (QED) is 0.539. The van der Waals surface area contributed by atoms with Crippen LogP contribution in [-0.2, 0) is 0 Å². The molecule has 0 radical (unpaired) electrons. The summed E-state index contributed by atoms with van der Waals surface area (Å²) >= 11 is 3.27. The first-order valence-corrected chi connectivity index (χ1v) is 9.84. The number of nitrogens with zero attached hydrogens (tertiary/aromatic N) is 1. The molecule has 0 fully saturated rings. The van der Waals surface area contributed by atoms with Gasteiger partial charge in [-0.3, -0.25) is 9.59 Å². The van der Waals surface area contributed by atoms with Crippen LogP contribution in [0.5, 0.6) is 0 Å². The van der Waals surface area contributed by atoms with Crippen molar-refractivity contribution < 1.29 is 14.0 Å². The predicted octanol–water partition coefficient (Wildman–Crippen LogP) is 5.67.